The summed E-state index contributed by atoms with van der Waals surface area (Å²) in [6.07, 6.45) is 11.4. The first kappa shape index (κ1) is 60.8. The fourth-order valence-corrected chi connectivity index (χ4v) is 6.50. The molecule has 13 nitrogen and oxygen atoms in total. The van der Waals surface area contributed by atoms with Gasteiger partial charge >= 0.3 is 0 Å². The molecule has 67 heavy (non-hydrogen) atoms. The van der Waals surface area contributed by atoms with E-state index >= 15 is 0 Å². The van der Waals surface area contributed by atoms with Crippen molar-refractivity contribution in [2.24, 2.45) is 5.92 Å². The summed E-state index contributed by atoms with van der Waals surface area (Å²) in [5, 5.41) is 22.7. The van der Waals surface area contributed by atoms with Crippen molar-refractivity contribution in [3.63, 3.8) is 0 Å². The van der Waals surface area contributed by atoms with E-state index in [0.717, 1.165) is 37.1 Å². The molecule has 0 saturated carbocycles. The third kappa shape index (κ3) is 32.2. The number of nitrogens with one attached hydrogen (secondary N) is 6. The first-order valence-electron chi connectivity index (χ1n) is 23.5. The standard InChI is InChI=1S/C10H14ClNO.C10H13FO2.C9H20N2.C8H13NS.C7H13N3.C7H12N2O/c1-7(2)12-8-4-5-10(13-3)9(11)6-8;1-7(2)13-8-4-5-10(12-3)9(11)6-8;1-8(2)11-7-9-3-5-10-6-4-9;1-7(2)9-6-8-4-3-5-10-8;1-7(2)9-6-10-4-3-8-5-10;1-6(2)9-4-7-3-8-5-10-7/h4-7,12H,1-3H3;4-7H,1-3H3;8-11H,3-7H2,1-2H3;2*3-5,7,9H,6H2,1-2H3;3,5-6,9H,4H2,1-2H3. The number of halogens is 2. The molecule has 1 aliphatic heterocycles. The molecule has 6 N–H and O–H groups in total. The predicted molar refractivity (Wildman–Crippen MR) is 279 cm³/mol. The second kappa shape index (κ2) is 36.8. The number of oxazole rings is 1. The minimum atomic E-state index is -0.402. The third-order valence-corrected chi connectivity index (χ3v) is 10.2. The number of nitrogens with zero attached hydrogens (tertiary/aromatic N) is 3. The molecule has 0 unspecified atom stereocenters. The van der Waals surface area contributed by atoms with Gasteiger partial charge in [0.05, 0.1) is 51.1 Å². The molecule has 1 aliphatic rings. The van der Waals surface area contributed by atoms with Gasteiger partial charge in [-0.15, -0.1) is 11.3 Å². The van der Waals surface area contributed by atoms with Crippen molar-refractivity contribution in [3.8, 4) is 17.2 Å². The molecular weight excluding hydrogens is 889 g/mol. The summed E-state index contributed by atoms with van der Waals surface area (Å²) in [5.74, 6) is 2.85. The third-order valence-electron chi connectivity index (χ3n) is 9.05. The highest BCUT2D eigenvalue weighted by Crippen LogP contribution is 2.27. The Labute approximate surface area is 412 Å². The lowest BCUT2D eigenvalue weighted by molar-refractivity contribution is 0.240. The van der Waals surface area contributed by atoms with E-state index in [0.29, 0.717) is 46.7 Å². The molecule has 4 heterocycles. The number of anilines is 1. The van der Waals surface area contributed by atoms with Gasteiger partial charge in [0, 0.05) is 65.8 Å². The summed E-state index contributed by atoms with van der Waals surface area (Å²) >= 11 is 7.75. The minimum Gasteiger partial charge on any atom is -0.495 e. The molecule has 0 bridgehead atoms. The number of thiophene rings is 1. The van der Waals surface area contributed by atoms with Gasteiger partial charge in [0.15, 0.2) is 18.0 Å². The number of piperidine rings is 1. The second-order valence-electron chi connectivity index (χ2n) is 17.6. The van der Waals surface area contributed by atoms with Crippen LogP contribution in [-0.2, 0) is 19.8 Å². The Morgan fingerprint density at radius 1 is 0.791 bits per heavy atom. The summed E-state index contributed by atoms with van der Waals surface area (Å²) < 4.78 is 35.2. The highest BCUT2D eigenvalue weighted by Gasteiger charge is 2.12. The molecule has 0 amide bonds. The molecule has 1 saturated heterocycles. The highest BCUT2D eigenvalue weighted by molar-refractivity contribution is 7.09. The van der Waals surface area contributed by atoms with E-state index in [1.807, 2.05) is 42.8 Å². The lowest BCUT2D eigenvalue weighted by atomic mass is 9.98. The van der Waals surface area contributed by atoms with E-state index in [1.54, 1.807) is 49.3 Å². The van der Waals surface area contributed by atoms with Crippen molar-refractivity contribution in [3.05, 3.63) is 107 Å². The van der Waals surface area contributed by atoms with Gasteiger partial charge in [0.2, 0.25) is 0 Å². The maximum Gasteiger partial charge on any atom is 0.180 e. The Hall–Kier alpha value is -4.22. The Balaban J connectivity index is 0.000000403. The van der Waals surface area contributed by atoms with Crippen LogP contribution in [0.2, 0.25) is 5.02 Å². The van der Waals surface area contributed by atoms with Gasteiger partial charge in [-0.25, -0.2) is 14.4 Å². The van der Waals surface area contributed by atoms with Crippen LogP contribution in [0.1, 0.15) is 107 Å². The van der Waals surface area contributed by atoms with Gasteiger partial charge in [0.25, 0.3) is 0 Å². The Bertz CT molecular complexity index is 1720. The quantitative estimate of drug-likeness (QED) is 0.0497. The molecule has 3 aromatic heterocycles. The van der Waals surface area contributed by atoms with E-state index in [1.165, 1.54) is 56.9 Å². The maximum absolute atomic E-state index is 13.1. The monoisotopic (exact) mass is 974 g/mol. The minimum absolute atomic E-state index is 0.0489. The zero-order valence-corrected chi connectivity index (χ0v) is 44.5. The van der Waals surface area contributed by atoms with Crippen LogP contribution in [0.5, 0.6) is 17.2 Å². The molecule has 0 radical (unpaired) electrons. The van der Waals surface area contributed by atoms with E-state index in [2.05, 4.69) is 129 Å². The van der Waals surface area contributed by atoms with Crippen molar-refractivity contribution >= 4 is 28.6 Å². The summed E-state index contributed by atoms with van der Waals surface area (Å²) in [4.78, 5) is 9.13. The van der Waals surface area contributed by atoms with Crippen LogP contribution >= 0.6 is 22.9 Å². The van der Waals surface area contributed by atoms with Gasteiger partial charge in [-0.2, -0.15) is 0 Å². The molecule has 0 aliphatic carbocycles. The maximum atomic E-state index is 13.1. The summed E-state index contributed by atoms with van der Waals surface area (Å²) in [5.41, 5.74) is 1.01. The Morgan fingerprint density at radius 2 is 1.43 bits per heavy atom. The average molecular weight is 975 g/mol. The Kier molecular flexibility index (Phi) is 33.4. The molecule has 0 spiro atoms. The van der Waals surface area contributed by atoms with Crippen LogP contribution in [0.15, 0.2) is 89.6 Å². The number of methoxy groups -OCH3 is 2. The van der Waals surface area contributed by atoms with Gasteiger partial charge in [-0.05, 0) is 122 Å². The topological polar surface area (TPSA) is 144 Å². The van der Waals surface area contributed by atoms with Crippen molar-refractivity contribution in [2.75, 3.05) is 39.2 Å². The zero-order chi connectivity index (χ0) is 50.0. The average Bonchev–Trinajstić information content (AvgIpc) is 4.11. The van der Waals surface area contributed by atoms with E-state index in [9.17, 15) is 4.39 Å². The summed E-state index contributed by atoms with van der Waals surface area (Å²) in [6.45, 7) is 31.4. The number of ether oxygens (including phenoxy) is 3. The normalized spacial score (nSPS) is 12.2. The summed E-state index contributed by atoms with van der Waals surface area (Å²) in [7, 11) is 3.04. The van der Waals surface area contributed by atoms with Crippen LogP contribution in [0, 0.1) is 11.7 Å². The molecule has 378 valence electrons. The smallest absolute Gasteiger partial charge is 0.180 e. The molecule has 6 rings (SSSR count). The molecule has 16 heteroatoms. The number of hydrogen-bond acceptors (Lipinski definition) is 13. The number of aromatic nitrogens is 3. The van der Waals surface area contributed by atoms with Crippen molar-refractivity contribution in [1.82, 2.24) is 41.1 Å². The lowest BCUT2D eigenvalue weighted by Gasteiger charge is -2.23. The first-order valence-corrected chi connectivity index (χ1v) is 24.8. The first-order chi connectivity index (χ1) is 31.9. The fraction of sp³-hybridized carbons (Fsp3) is 0.569. The highest BCUT2D eigenvalue weighted by atomic mass is 35.5. The zero-order valence-electron chi connectivity index (χ0n) is 42.9. The summed E-state index contributed by atoms with van der Waals surface area (Å²) in [6, 6.07) is 17.1. The van der Waals surface area contributed by atoms with Gasteiger partial charge in [-0.1, -0.05) is 59.2 Å². The SMILES string of the molecule is CC(C)NCC1CCNCC1.CC(C)NCc1cccs1.CC(C)NCc1cnco1.CC(C)NCn1ccnc1.COc1ccc(NC(C)C)cc1Cl.COc1ccc(OC(C)C)cc1F. The van der Waals surface area contributed by atoms with Gasteiger partial charge in [0.1, 0.15) is 17.3 Å². The number of hydrogen-bond donors (Lipinski definition) is 6. The Morgan fingerprint density at radius 3 is 1.93 bits per heavy atom. The number of imidazole rings is 1. The largest absolute Gasteiger partial charge is 0.495 e. The molecule has 2 aromatic carbocycles. The van der Waals surface area contributed by atoms with Crippen molar-refractivity contribution in [2.45, 2.75) is 152 Å². The van der Waals surface area contributed by atoms with Crippen LogP contribution in [0.25, 0.3) is 0 Å². The molecule has 0 atom stereocenters. The molecular formula is C51H85ClFN9O4S. The van der Waals surface area contributed by atoms with Gasteiger partial charge in [-0.3, -0.25) is 5.32 Å². The number of rotatable bonds is 18. The van der Waals surface area contributed by atoms with E-state index < -0.39 is 5.82 Å². The lowest BCUT2D eigenvalue weighted by Crippen LogP contribution is -2.35. The number of benzene rings is 2. The van der Waals surface area contributed by atoms with Gasteiger partial charge < -0.3 is 49.8 Å². The van der Waals surface area contributed by atoms with Crippen molar-refractivity contribution in [1.29, 1.82) is 0 Å². The van der Waals surface area contributed by atoms with Crippen LogP contribution < -0.4 is 46.1 Å². The van der Waals surface area contributed by atoms with E-state index in [4.69, 9.17) is 30.2 Å². The van der Waals surface area contributed by atoms with Crippen LogP contribution in [-0.4, -0.2) is 84.7 Å². The fourth-order valence-electron chi connectivity index (χ4n) is 5.59. The second-order valence-corrected chi connectivity index (χ2v) is 19.0. The van der Waals surface area contributed by atoms with Crippen molar-refractivity contribution < 1.29 is 23.0 Å². The predicted octanol–water partition coefficient (Wildman–Crippen LogP) is 11.0. The molecule has 5 aromatic rings. The van der Waals surface area contributed by atoms with E-state index in [-0.39, 0.29) is 11.9 Å². The van der Waals surface area contributed by atoms with Crippen LogP contribution in [0.3, 0.4) is 0 Å². The van der Waals surface area contributed by atoms with Crippen LogP contribution in [0.4, 0.5) is 10.1 Å². The molecule has 1 fully saturated rings.